The van der Waals surface area contributed by atoms with Gasteiger partial charge in [0.05, 0.1) is 28.4 Å². The van der Waals surface area contributed by atoms with Crippen LogP contribution < -0.4 is 4.74 Å². The van der Waals surface area contributed by atoms with Gasteiger partial charge in [-0.05, 0) is 43.7 Å². The number of sulfone groups is 1. The second-order valence-corrected chi connectivity index (χ2v) is 9.55. The second-order valence-electron chi connectivity index (χ2n) is 7.17. The minimum Gasteiger partial charge on any atom is -0.493 e. The maximum Gasteiger partial charge on any atom is 0.258 e. The van der Waals surface area contributed by atoms with Crippen LogP contribution in [0.4, 0.5) is 0 Å². The molecule has 3 rings (SSSR count). The molecule has 0 saturated carbocycles. The zero-order valence-electron chi connectivity index (χ0n) is 17.6. The molecule has 0 aliphatic heterocycles. The first-order valence-electron chi connectivity index (χ1n) is 9.67. The summed E-state index contributed by atoms with van der Waals surface area (Å²) in [6.07, 6.45) is 1.72. The molecule has 164 valence electrons. The van der Waals surface area contributed by atoms with Crippen LogP contribution in [-0.2, 0) is 9.84 Å². The number of amides is 1. The van der Waals surface area contributed by atoms with Crippen molar-refractivity contribution < 1.29 is 17.9 Å². The lowest BCUT2D eigenvalue weighted by molar-refractivity contribution is 0.0787. The van der Waals surface area contributed by atoms with Crippen molar-refractivity contribution in [2.75, 3.05) is 26.5 Å². The topological polar surface area (TPSA) is 81.5 Å². The molecule has 0 bridgehead atoms. The van der Waals surface area contributed by atoms with E-state index in [0.29, 0.717) is 36.6 Å². The number of hydrogen-bond acceptors (Lipinski definition) is 5. The van der Waals surface area contributed by atoms with Gasteiger partial charge in [0.15, 0.2) is 9.84 Å². The van der Waals surface area contributed by atoms with E-state index in [1.165, 1.54) is 12.1 Å². The van der Waals surface area contributed by atoms with Crippen LogP contribution in [0.1, 0.15) is 22.5 Å². The fourth-order valence-corrected chi connectivity index (χ4v) is 4.07. The molecule has 1 aromatic heterocycles. The minimum absolute atomic E-state index is 0.206. The van der Waals surface area contributed by atoms with Crippen LogP contribution in [0.25, 0.3) is 5.69 Å². The van der Waals surface area contributed by atoms with Gasteiger partial charge >= 0.3 is 0 Å². The Morgan fingerprint density at radius 2 is 1.87 bits per heavy atom. The zero-order valence-corrected chi connectivity index (χ0v) is 19.2. The Morgan fingerprint density at radius 1 is 1.16 bits per heavy atom. The van der Waals surface area contributed by atoms with Gasteiger partial charge in [0.1, 0.15) is 10.9 Å². The summed E-state index contributed by atoms with van der Waals surface area (Å²) in [5.41, 5.74) is 1.70. The molecule has 2 aromatic carbocycles. The van der Waals surface area contributed by atoms with Crippen molar-refractivity contribution in [1.82, 2.24) is 14.7 Å². The zero-order chi connectivity index (χ0) is 22.6. The lowest BCUT2D eigenvalue weighted by Crippen LogP contribution is -2.29. The maximum atomic E-state index is 12.9. The number of carbonyl (C=O) groups excluding carboxylic acids is 1. The normalized spacial score (nSPS) is 11.4. The Bertz CT molecular complexity index is 1180. The molecule has 0 saturated heterocycles. The molecule has 0 aliphatic rings. The van der Waals surface area contributed by atoms with Crippen LogP contribution in [0.2, 0.25) is 5.15 Å². The summed E-state index contributed by atoms with van der Waals surface area (Å²) in [7, 11) is -1.59. The molecule has 0 N–H and O–H groups in total. The third-order valence-electron chi connectivity index (χ3n) is 4.71. The van der Waals surface area contributed by atoms with Crippen molar-refractivity contribution >= 4 is 27.3 Å². The van der Waals surface area contributed by atoms with Gasteiger partial charge in [-0.25, -0.2) is 13.1 Å². The molecular formula is C22H24ClN3O4S. The van der Waals surface area contributed by atoms with E-state index < -0.39 is 9.84 Å². The lowest BCUT2D eigenvalue weighted by Gasteiger charge is -2.17. The molecule has 7 nitrogen and oxygen atoms in total. The van der Waals surface area contributed by atoms with Crippen LogP contribution in [0.5, 0.6) is 5.75 Å². The van der Waals surface area contributed by atoms with Gasteiger partial charge in [-0.2, -0.15) is 5.10 Å². The van der Waals surface area contributed by atoms with Gasteiger partial charge in [-0.3, -0.25) is 4.79 Å². The van der Waals surface area contributed by atoms with E-state index in [0.717, 1.165) is 11.9 Å². The van der Waals surface area contributed by atoms with Crippen molar-refractivity contribution in [2.45, 2.75) is 18.2 Å². The lowest BCUT2D eigenvalue weighted by atomic mass is 10.2. The molecule has 0 atom stereocenters. The van der Waals surface area contributed by atoms with Crippen molar-refractivity contribution in [3.8, 4) is 11.4 Å². The summed E-state index contributed by atoms with van der Waals surface area (Å²) < 4.78 is 30.5. The van der Waals surface area contributed by atoms with E-state index in [-0.39, 0.29) is 16.0 Å². The average Bonchev–Trinajstić information content (AvgIpc) is 3.04. The fraction of sp³-hybridized carbons (Fsp3) is 0.273. The highest BCUT2D eigenvalue weighted by Gasteiger charge is 2.23. The molecule has 0 aliphatic carbocycles. The van der Waals surface area contributed by atoms with Crippen molar-refractivity contribution in [2.24, 2.45) is 0 Å². The standard InChI is InChI=1S/C22H24ClN3O4S/c1-16-20(21(23)26(24-16)17-9-5-4-6-10-17)22(27)25(2)13-8-14-30-18-11-7-12-19(15-18)31(3,28)29/h4-7,9-12,15H,8,13-14H2,1-3H3. The highest BCUT2D eigenvalue weighted by atomic mass is 35.5. The number of benzene rings is 2. The van der Waals surface area contributed by atoms with E-state index in [1.807, 2.05) is 30.3 Å². The summed E-state index contributed by atoms with van der Waals surface area (Å²) in [4.78, 5) is 14.7. The number of ether oxygens (including phenoxy) is 1. The monoisotopic (exact) mass is 461 g/mol. The summed E-state index contributed by atoms with van der Waals surface area (Å²) in [6, 6.07) is 15.7. The summed E-state index contributed by atoms with van der Waals surface area (Å²) >= 11 is 6.48. The Kier molecular flexibility index (Phi) is 7.02. The van der Waals surface area contributed by atoms with Crippen molar-refractivity contribution in [3.63, 3.8) is 0 Å². The Balaban J connectivity index is 1.60. The number of aromatic nitrogens is 2. The molecule has 1 amide bonds. The molecule has 31 heavy (non-hydrogen) atoms. The molecule has 0 radical (unpaired) electrons. The smallest absolute Gasteiger partial charge is 0.258 e. The van der Waals surface area contributed by atoms with Crippen molar-refractivity contribution in [3.05, 3.63) is 71.0 Å². The average molecular weight is 462 g/mol. The Labute approximate surface area is 187 Å². The molecular weight excluding hydrogens is 438 g/mol. The van der Waals surface area contributed by atoms with E-state index in [9.17, 15) is 13.2 Å². The van der Waals surface area contributed by atoms with E-state index in [2.05, 4.69) is 5.10 Å². The van der Waals surface area contributed by atoms with Gasteiger partial charge in [-0.15, -0.1) is 0 Å². The van der Waals surface area contributed by atoms with Gasteiger partial charge in [0, 0.05) is 19.8 Å². The first-order chi connectivity index (χ1) is 14.7. The Hall–Kier alpha value is -2.84. The Morgan fingerprint density at radius 3 is 2.55 bits per heavy atom. The highest BCUT2D eigenvalue weighted by molar-refractivity contribution is 7.90. The molecule has 1 heterocycles. The summed E-state index contributed by atoms with van der Waals surface area (Å²) in [6.45, 7) is 2.53. The number of halogens is 1. The van der Waals surface area contributed by atoms with Gasteiger partial charge in [-0.1, -0.05) is 35.9 Å². The van der Waals surface area contributed by atoms with Crippen LogP contribution in [0.3, 0.4) is 0 Å². The fourth-order valence-electron chi connectivity index (χ4n) is 3.06. The first kappa shape index (κ1) is 22.8. The predicted octanol–water partition coefficient (Wildman–Crippen LogP) is 3.78. The number of nitrogens with zero attached hydrogens (tertiary/aromatic N) is 3. The van der Waals surface area contributed by atoms with Gasteiger partial charge in [0.25, 0.3) is 5.91 Å². The number of aryl methyl sites for hydroxylation is 1. The van der Waals surface area contributed by atoms with E-state index in [1.54, 1.807) is 35.7 Å². The second kappa shape index (κ2) is 9.53. The van der Waals surface area contributed by atoms with Crippen LogP contribution >= 0.6 is 11.6 Å². The summed E-state index contributed by atoms with van der Waals surface area (Å²) in [5.74, 6) is 0.253. The van der Waals surface area contributed by atoms with Crippen LogP contribution in [0.15, 0.2) is 59.5 Å². The quantitative estimate of drug-likeness (QED) is 0.477. The largest absolute Gasteiger partial charge is 0.493 e. The minimum atomic E-state index is -3.29. The third-order valence-corrected chi connectivity index (χ3v) is 6.16. The van der Waals surface area contributed by atoms with Gasteiger partial charge in [0.2, 0.25) is 0 Å². The first-order valence-corrected chi connectivity index (χ1v) is 11.9. The maximum absolute atomic E-state index is 12.9. The van der Waals surface area contributed by atoms with E-state index >= 15 is 0 Å². The number of rotatable bonds is 8. The molecule has 0 fully saturated rings. The summed E-state index contributed by atoms with van der Waals surface area (Å²) in [5, 5.41) is 4.68. The molecule has 9 heteroatoms. The van der Waals surface area contributed by atoms with Crippen molar-refractivity contribution in [1.29, 1.82) is 0 Å². The predicted molar refractivity (Wildman–Crippen MR) is 120 cm³/mol. The van der Waals surface area contributed by atoms with Crippen LogP contribution in [0, 0.1) is 6.92 Å². The number of para-hydroxylation sites is 1. The van der Waals surface area contributed by atoms with Crippen LogP contribution in [-0.4, -0.2) is 55.5 Å². The third kappa shape index (κ3) is 5.45. The SMILES string of the molecule is Cc1nn(-c2ccccc2)c(Cl)c1C(=O)N(C)CCCOc1cccc(S(C)(=O)=O)c1. The highest BCUT2D eigenvalue weighted by Crippen LogP contribution is 2.24. The van der Waals surface area contributed by atoms with E-state index in [4.69, 9.17) is 16.3 Å². The van der Waals surface area contributed by atoms with Gasteiger partial charge < -0.3 is 9.64 Å². The molecule has 0 spiro atoms. The molecule has 0 unspecified atom stereocenters. The number of hydrogen-bond donors (Lipinski definition) is 0. The molecule has 3 aromatic rings. The number of carbonyl (C=O) groups is 1.